The number of nitrogens with zero attached hydrogens (tertiary/aromatic N) is 4. The Morgan fingerprint density at radius 2 is 2.18 bits per heavy atom. The highest BCUT2D eigenvalue weighted by atomic mass is 32.2. The van der Waals surface area contributed by atoms with Crippen LogP contribution in [0.5, 0.6) is 0 Å². The van der Waals surface area contributed by atoms with E-state index < -0.39 is 5.54 Å². The Bertz CT molecular complexity index is 502. The smallest absolute Gasteiger partial charge is 0.237 e. The minimum Gasteiger partial charge on any atom is -0.374 e. The third kappa shape index (κ3) is 3.14. The third-order valence-corrected chi connectivity index (χ3v) is 3.66. The van der Waals surface area contributed by atoms with Crippen LogP contribution < -0.4 is 11.5 Å². The average Bonchev–Trinajstić information content (AvgIpc) is 2.82. The minimum absolute atomic E-state index is 0.446. The Labute approximate surface area is 106 Å². The van der Waals surface area contributed by atoms with Crippen molar-refractivity contribution in [3.8, 4) is 0 Å². The van der Waals surface area contributed by atoms with Crippen LogP contribution in [0.4, 0.5) is 5.13 Å². The van der Waals surface area contributed by atoms with Gasteiger partial charge in [0.05, 0.1) is 11.3 Å². The minimum atomic E-state index is -0.598. The highest BCUT2D eigenvalue weighted by Gasteiger charge is 2.21. The van der Waals surface area contributed by atoms with Crippen molar-refractivity contribution in [2.45, 2.75) is 29.5 Å². The first kappa shape index (κ1) is 12.3. The van der Waals surface area contributed by atoms with Gasteiger partial charge in [-0.1, -0.05) is 28.3 Å². The van der Waals surface area contributed by atoms with Crippen LogP contribution >= 0.6 is 23.1 Å². The van der Waals surface area contributed by atoms with E-state index in [0.717, 1.165) is 4.34 Å². The summed E-state index contributed by atoms with van der Waals surface area (Å²) in [6.07, 6.45) is 0. The van der Waals surface area contributed by atoms with Crippen LogP contribution in [0.15, 0.2) is 8.86 Å². The van der Waals surface area contributed by atoms with E-state index in [4.69, 9.17) is 16.0 Å². The summed E-state index contributed by atoms with van der Waals surface area (Å²) in [5, 5.41) is 11.9. The van der Waals surface area contributed by atoms with E-state index in [1.54, 1.807) is 0 Å². The fraction of sp³-hybridized carbons (Fsp3) is 0.500. The van der Waals surface area contributed by atoms with Gasteiger partial charge >= 0.3 is 0 Å². The van der Waals surface area contributed by atoms with Crippen molar-refractivity contribution in [3.63, 3.8) is 0 Å². The molecule has 0 radical (unpaired) electrons. The molecule has 0 aliphatic carbocycles. The van der Waals surface area contributed by atoms with Crippen molar-refractivity contribution >= 4 is 28.2 Å². The summed E-state index contributed by atoms with van der Waals surface area (Å²) in [7, 11) is 0. The zero-order valence-electron chi connectivity index (χ0n) is 9.38. The molecule has 9 heteroatoms. The molecule has 7 nitrogen and oxygen atoms in total. The summed E-state index contributed by atoms with van der Waals surface area (Å²) >= 11 is 2.77. The van der Waals surface area contributed by atoms with Gasteiger partial charge in [-0.25, -0.2) is 0 Å². The van der Waals surface area contributed by atoms with Gasteiger partial charge in [-0.15, -0.1) is 10.2 Å². The lowest BCUT2D eigenvalue weighted by Gasteiger charge is -2.11. The number of nitrogens with two attached hydrogens (primary N) is 2. The van der Waals surface area contributed by atoms with Gasteiger partial charge in [0.15, 0.2) is 10.2 Å². The predicted octanol–water partition coefficient (Wildman–Crippen LogP) is 0.989. The molecule has 2 heterocycles. The Kier molecular flexibility index (Phi) is 3.31. The molecule has 0 saturated carbocycles. The van der Waals surface area contributed by atoms with Crippen molar-refractivity contribution in [2.75, 3.05) is 5.73 Å². The Hall–Kier alpha value is -1.19. The van der Waals surface area contributed by atoms with Gasteiger partial charge < -0.3 is 16.0 Å². The zero-order chi connectivity index (χ0) is 12.5. The van der Waals surface area contributed by atoms with Crippen molar-refractivity contribution in [2.24, 2.45) is 5.73 Å². The van der Waals surface area contributed by atoms with Crippen LogP contribution in [-0.2, 0) is 11.3 Å². The first-order valence-electron chi connectivity index (χ1n) is 4.79. The summed E-state index contributed by atoms with van der Waals surface area (Å²) in [6, 6.07) is 0. The van der Waals surface area contributed by atoms with E-state index in [1.165, 1.54) is 23.1 Å². The van der Waals surface area contributed by atoms with Gasteiger partial charge in [-0.05, 0) is 13.8 Å². The van der Waals surface area contributed by atoms with Crippen molar-refractivity contribution < 1.29 is 4.52 Å². The SMILES string of the molecule is CC(C)(N)c1noc(CSc2nnc(N)s2)n1. The lowest BCUT2D eigenvalue weighted by atomic mass is 10.1. The van der Waals surface area contributed by atoms with Crippen LogP contribution in [0, 0.1) is 0 Å². The van der Waals surface area contributed by atoms with Crippen LogP contribution in [0.25, 0.3) is 0 Å². The maximum absolute atomic E-state index is 5.85. The molecule has 4 N–H and O–H groups in total. The van der Waals surface area contributed by atoms with Gasteiger partial charge in [-0.2, -0.15) is 4.98 Å². The van der Waals surface area contributed by atoms with Gasteiger partial charge in [0.2, 0.25) is 11.0 Å². The van der Waals surface area contributed by atoms with Crippen molar-refractivity contribution in [1.29, 1.82) is 0 Å². The molecule has 0 fully saturated rings. The second kappa shape index (κ2) is 4.59. The molecule has 17 heavy (non-hydrogen) atoms. The van der Waals surface area contributed by atoms with Crippen molar-refractivity contribution in [3.05, 3.63) is 11.7 Å². The predicted molar refractivity (Wildman–Crippen MR) is 65.4 cm³/mol. The first-order valence-corrected chi connectivity index (χ1v) is 6.59. The highest BCUT2D eigenvalue weighted by Crippen LogP contribution is 2.26. The van der Waals surface area contributed by atoms with Crippen molar-refractivity contribution in [1.82, 2.24) is 20.3 Å². The normalized spacial score (nSPS) is 11.9. The molecule has 2 rings (SSSR count). The maximum Gasteiger partial charge on any atom is 0.237 e. The van der Waals surface area contributed by atoms with Crippen LogP contribution in [-0.4, -0.2) is 20.3 Å². The number of hydrogen-bond acceptors (Lipinski definition) is 9. The van der Waals surface area contributed by atoms with Crippen LogP contribution in [0.3, 0.4) is 0 Å². The summed E-state index contributed by atoms with van der Waals surface area (Å²) in [5.41, 5.74) is 10.7. The number of anilines is 1. The quantitative estimate of drug-likeness (QED) is 0.791. The molecule has 0 amide bonds. The lowest BCUT2D eigenvalue weighted by Crippen LogP contribution is -2.30. The summed E-state index contributed by atoms with van der Waals surface area (Å²) in [6.45, 7) is 3.64. The van der Waals surface area contributed by atoms with E-state index in [-0.39, 0.29) is 0 Å². The molecule has 0 aromatic carbocycles. The standard InChI is InChI=1S/C8H12N6OS2/c1-8(2,10)5-11-4(15-14-5)3-16-7-13-12-6(9)17-7/h3,10H2,1-2H3,(H2,9,12). The number of aromatic nitrogens is 4. The number of nitrogen functional groups attached to an aromatic ring is 1. The third-order valence-electron chi connectivity index (χ3n) is 1.79. The van der Waals surface area contributed by atoms with E-state index in [1.807, 2.05) is 13.8 Å². The molecule has 0 saturated heterocycles. The molecular formula is C8H12N6OS2. The number of thioether (sulfide) groups is 1. The molecule has 0 aliphatic rings. The second-order valence-electron chi connectivity index (χ2n) is 3.93. The molecule has 2 aromatic rings. The first-order chi connectivity index (χ1) is 7.95. The fourth-order valence-corrected chi connectivity index (χ4v) is 2.45. The van der Waals surface area contributed by atoms with Gasteiger partial charge in [0.1, 0.15) is 0 Å². The fourth-order valence-electron chi connectivity index (χ4n) is 0.977. The van der Waals surface area contributed by atoms with Gasteiger partial charge in [0.25, 0.3) is 0 Å². The molecular weight excluding hydrogens is 260 g/mol. The number of rotatable bonds is 4. The summed E-state index contributed by atoms with van der Waals surface area (Å²) in [5.74, 6) is 1.53. The van der Waals surface area contributed by atoms with E-state index in [2.05, 4.69) is 20.3 Å². The molecule has 0 spiro atoms. The summed E-state index contributed by atoms with van der Waals surface area (Å²) in [4.78, 5) is 4.20. The molecule has 92 valence electrons. The zero-order valence-corrected chi connectivity index (χ0v) is 11.0. The van der Waals surface area contributed by atoms with E-state index in [9.17, 15) is 0 Å². The largest absolute Gasteiger partial charge is 0.374 e. The topological polar surface area (TPSA) is 117 Å². The van der Waals surface area contributed by atoms with Gasteiger partial charge in [-0.3, -0.25) is 0 Å². The van der Waals surface area contributed by atoms with Crippen LogP contribution in [0.2, 0.25) is 0 Å². The Morgan fingerprint density at radius 1 is 1.41 bits per heavy atom. The summed E-state index contributed by atoms with van der Waals surface area (Å²) < 4.78 is 5.86. The lowest BCUT2D eigenvalue weighted by molar-refractivity contribution is 0.370. The van der Waals surface area contributed by atoms with Crippen LogP contribution in [0.1, 0.15) is 25.6 Å². The second-order valence-corrected chi connectivity index (χ2v) is 6.16. The monoisotopic (exact) mass is 272 g/mol. The van der Waals surface area contributed by atoms with E-state index in [0.29, 0.717) is 22.6 Å². The maximum atomic E-state index is 5.85. The Morgan fingerprint density at radius 3 is 2.71 bits per heavy atom. The molecule has 0 unspecified atom stereocenters. The highest BCUT2D eigenvalue weighted by molar-refractivity contribution is 8.00. The molecule has 0 bridgehead atoms. The molecule has 0 atom stereocenters. The average molecular weight is 272 g/mol. The van der Waals surface area contributed by atoms with E-state index >= 15 is 0 Å². The molecule has 2 aromatic heterocycles. The molecule has 0 aliphatic heterocycles. The number of hydrogen-bond donors (Lipinski definition) is 2. The van der Waals surface area contributed by atoms with Gasteiger partial charge in [0, 0.05) is 0 Å². The Balaban J connectivity index is 1.98.